The van der Waals surface area contributed by atoms with Crippen LogP contribution >= 0.6 is 23.2 Å². The highest BCUT2D eigenvalue weighted by Gasteiger charge is 2.09. The Labute approximate surface area is 134 Å². The van der Waals surface area contributed by atoms with Crippen LogP contribution in [0.2, 0.25) is 10.0 Å². The van der Waals surface area contributed by atoms with E-state index in [1.54, 1.807) is 18.2 Å². The lowest BCUT2D eigenvalue weighted by Crippen LogP contribution is -2.18. The van der Waals surface area contributed by atoms with Crippen molar-refractivity contribution >= 4 is 29.1 Å². The molecule has 0 spiro atoms. The highest BCUT2D eigenvalue weighted by atomic mass is 35.5. The lowest BCUT2D eigenvalue weighted by atomic mass is 10.1. The number of amides is 1. The zero-order valence-corrected chi connectivity index (χ0v) is 13.1. The van der Waals surface area contributed by atoms with E-state index in [1.807, 2.05) is 24.3 Å². The van der Waals surface area contributed by atoms with Crippen molar-refractivity contribution in [2.24, 2.45) is 5.73 Å². The molecule has 2 aromatic rings. The van der Waals surface area contributed by atoms with Crippen LogP contribution in [0, 0.1) is 0 Å². The smallest absolute Gasteiger partial charge is 0.248 e. The zero-order chi connectivity index (χ0) is 15.4. The third-order valence-electron chi connectivity index (χ3n) is 3.28. The summed E-state index contributed by atoms with van der Waals surface area (Å²) in [5.41, 5.74) is 7.64. The first kappa shape index (κ1) is 15.8. The van der Waals surface area contributed by atoms with E-state index >= 15 is 0 Å². The molecule has 110 valence electrons. The Balaban J connectivity index is 2.04. The summed E-state index contributed by atoms with van der Waals surface area (Å²) in [6, 6.07) is 12.9. The summed E-state index contributed by atoms with van der Waals surface area (Å²) in [7, 11) is 0. The second-order valence-corrected chi connectivity index (χ2v) is 5.67. The number of carbonyl (C=O) groups is 1. The maximum atomic E-state index is 11.1. The standard InChI is InChI=1S/C16H16Cl2N2O/c1-10(11-3-2-4-14(17)7-11)20-9-13-6-5-12(16(19)21)8-15(13)18/h2-8,10,20H,9H2,1H3,(H2,19,21)/t10-/m0/s1. The molecule has 21 heavy (non-hydrogen) atoms. The van der Waals surface area contributed by atoms with Crippen LogP contribution in [0.4, 0.5) is 0 Å². The molecule has 0 aliphatic heterocycles. The van der Waals surface area contributed by atoms with Crippen molar-refractivity contribution in [2.45, 2.75) is 19.5 Å². The van der Waals surface area contributed by atoms with Crippen molar-refractivity contribution in [3.8, 4) is 0 Å². The third-order valence-corrected chi connectivity index (χ3v) is 3.87. The molecule has 0 aromatic heterocycles. The van der Waals surface area contributed by atoms with Gasteiger partial charge in [-0.1, -0.05) is 41.4 Å². The predicted molar refractivity (Wildman–Crippen MR) is 86.7 cm³/mol. The molecule has 1 amide bonds. The summed E-state index contributed by atoms with van der Waals surface area (Å²) in [4.78, 5) is 11.1. The first-order valence-electron chi connectivity index (χ1n) is 6.54. The van der Waals surface area contributed by atoms with Gasteiger partial charge in [0.25, 0.3) is 0 Å². The van der Waals surface area contributed by atoms with E-state index in [9.17, 15) is 4.79 Å². The Hall–Kier alpha value is -1.55. The van der Waals surface area contributed by atoms with Gasteiger partial charge in [0.05, 0.1) is 0 Å². The SMILES string of the molecule is C[C@H](NCc1ccc(C(N)=O)cc1Cl)c1cccc(Cl)c1. The normalized spacial score (nSPS) is 12.1. The van der Waals surface area contributed by atoms with E-state index in [2.05, 4.69) is 12.2 Å². The van der Waals surface area contributed by atoms with Gasteiger partial charge in [0.1, 0.15) is 0 Å². The molecule has 0 bridgehead atoms. The second-order valence-electron chi connectivity index (χ2n) is 4.83. The van der Waals surface area contributed by atoms with Gasteiger partial charge in [0, 0.05) is 28.2 Å². The van der Waals surface area contributed by atoms with Gasteiger partial charge >= 0.3 is 0 Å². The Kier molecular flexibility index (Phi) is 5.23. The molecular formula is C16H16Cl2N2O. The minimum atomic E-state index is -0.483. The molecule has 1 atom stereocenters. The molecule has 0 fully saturated rings. The summed E-state index contributed by atoms with van der Waals surface area (Å²) in [6.07, 6.45) is 0. The fraction of sp³-hybridized carbons (Fsp3) is 0.188. The van der Waals surface area contributed by atoms with Gasteiger partial charge in [-0.2, -0.15) is 0 Å². The van der Waals surface area contributed by atoms with Gasteiger partial charge in [0.15, 0.2) is 0 Å². The Morgan fingerprint density at radius 3 is 2.62 bits per heavy atom. The van der Waals surface area contributed by atoms with Crippen LogP contribution in [-0.4, -0.2) is 5.91 Å². The summed E-state index contributed by atoms with van der Waals surface area (Å²) >= 11 is 12.1. The average molecular weight is 323 g/mol. The number of nitrogens with two attached hydrogens (primary N) is 1. The quantitative estimate of drug-likeness (QED) is 0.875. The lowest BCUT2D eigenvalue weighted by molar-refractivity contribution is 0.100. The largest absolute Gasteiger partial charge is 0.366 e. The maximum absolute atomic E-state index is 11.1. The molecule has 0 unspecified atom stereocenters. The number of hydrogen-bond donors (Lipinski definition) is 2. The van der Waals surface area contributed by atoms with Gasteiger partial charge < -0.3 is 11.1 Å². The molecule has 0 saturated carbocycles. The molecule has 0 radical (unpaired) electrons. The first-order valence-corrected chi connectivity index (χ1v) is 7.30. The Morgan fingerprint density at radius 1 is 1.24 bits per heavy atom. The number of hydrogen-bond acceptors (Lipinski definition) is 2. The summed E-state index contributed by atoms with van der Waals surface area (Å²) < 4.78 is 0. The fourth-order valence-electron chi connectivity index (χ4n) is 2.00. The highest BCUT2D eigenvalue weighted by molar-refractivity contribution is 6.31. The van der Waals surface area contributed by atoms with E-state index in [0.717, 1.165) is 11.1 Å². The van der Waals surface area contributed by atoms with Crippen molar-refractivity contribution in [3.05, 3.63) is 69.2 Å². The second kappa shape index (κ2) is 6.94. The number of nitrogens with one attached hydrogen (secondary N) is 1. The van der Waals surface area contributed by atoms with Crippen LogP contribution in [0.5, 0.6) is 0 Å². The average Bonchev–Trinajstić information content (AvgIpc) is 2.45. The molecule has 3 nitrogen and oxygen atoms in total. The number of benzene rings is 2. The fourth-order valence-corrected chi connectivity index (χ4v) is 2.45. The maximum Gasteiger partial charge on any atom is 0.248 e. The van der Waals surface area contributed by atoms with Crippen LogP contribution < -0.4 is 11.1 Å². The van der Waals surface area contributed by atoms with Crippen molar-refractivity contribution in [3.63, 3.8) is 0 Å². The van der Waals surface area contributed by atoms with Crippen molar-refractivity contribution in [1.29, 1.82) is 0 Å². The minimum absolute atomic E-state index is 0.135. The summed E-state index contributed by atoms with van der Waals surface area (Å²) in [5.74, 6) is -0.483. The third kappa shape index (κ3) is 4.21. The topological polar surface area (TPSA) is 55.1 Å². The molecule has 2 aromatic carbocycles. The van der Waals surface area contributed by atoms with E-state index in [-0.39, 0.29) is 6.04 Å². The molecule has 0 saturated heterocycles. The van der Waals surface area contributed by atoms with Crippen LogP contribution in [-0.2, 0) is 6.54 Å². The van der Waals surface area contributed by atoms with E-state index in [4.69, 9.17) is 28.9 Å². The molecule has 0 heterocycles. The Morgan fingerprint density at radius 2 is 2.00 bits per heavy atom. The van der Waals surface area contributed by atoms with Crippen LogP contribution in [0.15, 0.2) is 42.5 Å². The number of rotatable bonds is 5. The highest BCUT2D eigenvalue weighted by Crippen LogP contribution is 2.21. The molecule has 5 heteroatoms. The van der Waals surface area contributed by atoms with E-state index in [0.29, 0.717) is 22.2 Å². The van der Waals surface area contributed by atoms with Gasteiger partial charge in [-0.3, -0.25) is 4.79 Å². The Bertz CT molecular complexity index is 658. The monoisotopic (exact) mass is 322 g/mol. The predicted octanol–water partition coefficient (Wildman–Crippen LogP) is 3.94. The lowest BCUT2D eigenvalue weighted by Gasteiger charge is -2.15. The van der Waals surface area contributed by atoms with E-state index in [1.165, 1.54) is 0 Å². The van der Waals surface area contributed by atoms with Crippen LogP contribution in [0.3, 0.4) is 0 Å². The summed E-state index contributed by atoms with van der Waals surface area (Å²) in [5, 5.41) is 4.61. The van der Waals surface area contributed by atoms with Crippen molar-refractivity contribution < 1.29 is 4.79 Å². The number of carbonyl (C=O) groups excluding carboxylic acids is 1. The van der Waals surface area contributed by atoms with Crippen molar-refractivity contribution in [1.82, 2.24) is 5.32 Å². The summed E-state index contributed by atoms with van der Waals surface area (Å²) in [6.45, 7) is 2.64. The molecule has 3 N–H and O–H groups in total. The zero-order valence-electron chi connectivity index (χ0n) is 11.6. The van der Waals surface area contributed by atoms with Crippen molar-refractivity contribution in [2.75, 3.05) is 0 Å². The molecular weight excluding hydrogens is 307 g/mol. The van der Waals surface area contributed by atoms with E-state index < -0.39 is 5.91 Å². The molecule has 0 aliphatic carbocycles. The van der Waals surface area contributed by atoms with Gasteiger partial charge in [0.2, 0.25) is 5.91 Å². The van der Waals surface area contributed by atoms with Crippen LogP contribution in [0.1, 0.15) is 34.5 Å². The van der Waals surface area contributed by atoms with Crippen LogP contribution in [0.25, 0.3) is 0 Å². The number of primary amides is 1. The number of halogens is 2. The van der Waals surface area contributed by atoms with Gasteiger partial charge in [-0.15, -0.1) is 0 Å². The minimum Gasteiger partial charge on any atom is -0.366 e. The van der Waals surface area contributed by atoms with Gasteiger partial charge in [-0.05, 0) is 42.3 Å². The molecule has 2 rings (SSSR count). The first-order chi connectivity index (χ1) is 9.97. The molecule has 0 aliphatic rings. The van der Waals surface area contributed by atoms with Gasteiger partial charge in [-0.25, -0.2) is 0 Å².